The molecule has 1 aliphatic rings. The van der Waals surface area contributed by atoms with Crippen molar-refractivity contribution in [1.29, 1.82) is 0 Å². The number of piperazine rings is 1. The predicted octanol–water partition coefficient (Wildman–Crippen LogP) is 3.86. The summed E-state index contributed by atoms with van der Waals surface area (Å²) in [6.45, 7) is 4.76. The predicted molar refractivity (Wildman–Crippen MR) is 108 cm³/mol. The van der Waals surface area contributed by atoms with E-state index in [2.05, 4.69) is 20.0 Å². The zero-order chi connectivity index (χ0) is 20.2. The quantitative estimate of drug-likeness (QED) is 0.608. The number of hydrogen-bond acceptors (Lipinski definition) is 6. The highest BCUT2D eigenvalue weighted by atomic mass is 35.5. The van der Waals surface area contributed by atoms with Gasteiger partial charge in [-0.15, -0.1) is 10.2 Å². The highest BCUT2D eigenvalue weighted by Crippen LogP contribution is 2.23. The minimum Gasteiger partial charge on any atom is -0.496 e. The molecule has 0 amide bonds. The van der Waals surface area contributed by atoms with Crippen LogP contribution in [0.15, 0.2) is 46.9 Å². The van der Waals surface area contributed by atoms with Crippen molar-refractivity contribution in [3.05, 3.63) is 64.8 Å². The van der Waals surface area contributed by atoms with Crippen LogP contribution in [0.3, 0.4) is 0 Å². The highest BCUT2D eigenvalue weighted by Gasteiger charge is 2.20. The van der Waals surface area contributed by atoms with Gasteiger partial charge in [-0.1, -0.05) is 11.6 Å². The van der Waals surface area contributed by atoms with E-state index in [0.717, 1.165) is 43.1 Å². The Balaban J connectivity index is 1.31. The molecule has 1 fully saturated rings. The molecule has 8 heteroatoms. The molecule has 0 bridgehead atoms. The molecule has 1 aromatic heterocycles. The largest absolute Gasteiger partial charge is 0.496 e. The van der Waals surface area contributed by atoms with Gasteiger partial charge in [-0.3, -0.25) is 9.80 Å². The Morgan fingerprint density at radius 3 is 2.38 bits per heavy atom. The van der Waals surface area contributed by atoms with Crippen molar-refractivity contribution >= 4 is 11.6 Å². The lowest BCUT2D eigenvalue weighted by Gasteiger charge is -2.34. The molecule has 0 aliphatic carbocycles. The summed E-state index contributed by atoms with van der Waals surface area (Å²) in [5, 5.41) is 8.97. The van der Waals surface area contributed by atoms with Gasteiger partial charge in [0.1, 0.15) is 11.6 Å². The summed E-state index contributed by atoms with van der Waals surface area (Å²) in [6, 6.07) is 12.0. The van der Waals surface area contributed by atoms with Crippen molar-refractivity contribution in [2.75, 3.05) is 33.3 Å². The van der Waals surface area contributed by atoms with E-state index in [9.17, 15) is 4.39 Å². The fourth-order valence-electron chi connectivity index (χ4n) is 3.44. The van der Waals surface area contributed by atoms with E-state index in [0.29, 0.717) is 29.9 Å². The Morgan fingerprint density at radius 1 is 1.00 bits per heavy atom. The molecule has 3 aromatic rings. The second kappa shape index (κ2) is 8.90. The van der Waals surface area contributed by atoms with E-state index in [1.54, 1.807) is 31.4 Å². The number of halogens is 2. The van der Waals surface area contributed by atoms with Gasteiger partial charge in [0.05, 0.1) is 13.7 Å². The summed E-state index contributed by atoms with van der Waals surface area (Å²) < 4.78 is 24.7. The molecule has 0 radical (unpaired) electrons. The van der Waals surface area contributed by atoms with Crippen LogP contribution < -0.4 is 4.74 Å². The van der Waals surface area contributed by atoms with Crippen LogP contribution in [0.25, 0.3) is 11.5 Å². The topological polar surface area (TPSA) is 54.6 Å². The molecule has 2 heterocycles. The van der Waals surface area contributed by atoms with Gasteiger partial charge in [0, 0.05) is 48.9 Å². The van der Waals surface area contributed by atoms with Gasteiger partial charge in [0.25, 0.3) is 0 Å². The van der Waals surface area contributed by atoms with E-state index in [-0.39, 0.29) is 5.82 Å². The maximum Gasteiger partial charge on any atom is 0.247 e. The average molecular weight is 417 g/mol. The third kappa shape index (κ3) is 4.93. The van der Waals surface area contributed by atoms with Gasteiger partial charge in [0.15, 0.2) is 0 Å². The fraction of sp³-hybridized carbons (Fsp3) is 0.333. The Bertz CT molecular complexity index is 956. The molecule has 0 N–H and O–H groups in total. The highest BCUT2D eigenvalue weighted by molar-refractivity contribution is 6.30. The first-order chi connectivity index (χ1) is 14.1. The number of ether oxygens (including phenoxy) is 1. The molecule has 0 saturated carbocycles. The van der Waals surface area contributed by atoms with Gasteiger partial charge in [0.2, 0.25) is 11.8 Å². The molecule has 6 nitrogen and oxygen atoms in total. The van der Waals surface area contributed by atoms with Crippen LogP contribution in [0.1, 0.15) is 11.5 Å². The number of benzene rings is 2. The molecular weight excluding hydrogens is 395 g/mol. The maximum absolute atomic E-state index is 13.6. The Morgan fingerprint density at radius 2 is 1.69 bits per heavy atom. The summed E-state index contributed by atoms with van der Waals surface area (Å²) in [6.07, 6.45) is 0. The van der Waals surface area contributed by atoms with E-state index >= 15 is 0 Å². The number of methoxy groups -OCH3 is 1. The average Bonchev–Trinajstić information content (AvgIpc) is 3.19. The van der Waals surface area contributed by atoms with Crippen LogP contribution in [0, 0.1) is 5.82 Å². The lowest BCUT2D eigenvalue weighted by atomic mass is 10.1. The molecule has 0 unspecified atom stereocenters. The normalized spacial score (nSPS) is 15.6. The number of hydrogen-bond donors (Lipinski definition) is 0. The second-order valence-corrected chi connectivity index (χ2v) is 7.45. The number of nitrogens with zero attached hydrogens (tertiary/aromatic N) is 4. The first-order valence-corrected chi connectivity index (χ1v) is 9.84. The Kier molecular flexibility index (Phi) is 6.08. The molecule has 152 valence electrons. The van der Waals surface area contributed by atoms with Crippen LogP contribution in [0.2, 0.25) is 5.02 Å². The van der Waals surface area contributed by atoms with Crippen molar-refractivity contribution in [3.8, 4) is 17.2 Å². The first-order valence-electron chi connectivity index (χ1n) is 9.46. The SMILES string of the molecule is COc1ccc(F)cc1CN1CCN(Cc2nnc(-c3ccc(Cl)cc3)o2)CC1. The maximum atomic E-state index is 13.6. The van der Waals surface area contributed by atoms with Crippen molar-refractivity contribution in [3.63, 3.8) is 0 Å². The van der Waals surface area contributed by atoms with Crippen molar-refractivity contribution in [2.45, 2.75) is 13.1 Å². The van der Waals surface area contributed by atoms with E-state index in [1.807, 2.05) is 12.1 Å². The summed E-state index contributed by atoms with van der Waals surface area (Å²) >= 11 is 5.92. The van der Waals surface area contributed by atoms with Crippen molar-refractivity contribution in [1.82, 2.24) is 20.0 Å². The first kappa shape index (κ1) is 19.8. The van der Waals surface area contributed by atoms with Crippen LogP contribution in [0.4, 0.5) is 4.39 Å². The standard InChI is InChI=1S/C21H22ClFN4O2/c1-28-19-7-6-18(23)12-16(19)13-26-8-10-27(11-9-26)14-20-24-25-21(29-20)15-2-4-17(22)5-3-15/h2-7,12H,8-11,13-14H2,1H3. The van der Waals surface area contributed by atoms with Gasteiger partial charge in [-0.25, -0.2) is 4.39 Å². The molecule has 1 saturated heterocycles. The van der Waals surface area contributed by atoms with E-state index in [4.69, 9.17) is 20.8 Å². The minimum absolute atomic E-state index is 0.243. The molecule has 4 rings (SSSR count). The van der Waals surface area contributed by atoms with Gasteiger partial charge < -0.3 is 9.15 Å². The molecule has 1 aliphatic heterocycles. The minimum atomic E-state index is -0.243. The Labute approximate surface area is 173 Å². The fourth-order valence-corrected chi connectivity index (χ4v) is 3.56. The Hall–Kier alpha value is -2.48. The van der Waals surface area contributed by atoms with Crippen molar-refractivity contribution < 1.29 is 13.5 Å². The van der Waals surface area contributed by atoms with Gasteiger partial charge in [-0.05, 0) is 42.5 Å². The van der Waals surface area contributed by atoms with Crippen molar-refractivity contribution in [2.24, 2.45) is 0 Å². The third-order valence-corrected chi connectivity index (χ3v) is 5.27. The summed E-state index contributed by atoms with van der Waals surface area (Å²) in [7, 11) is 1.61. The number of aromatic nitrogens is 2. The molecular formula is C21H22ClFN4O2. The zero-order valence-electron chi connectivity index (χ0n) is 16.1. The third-order valence-electron chi connectivity index (χ3n) is 5.02. The van der Waals surface area contributed by atoms with Crippen LogP contribution in [-0.4, -0.2) is 53.3 Å². The summed E-state index contributed by atoms with van der Waals surface area (Å²) in [5.41, 5.74) is 1.72. The van der Waals surface area contributed by atoms with Gasteiger partial charge >= 0.3 is 0 Å². The second-order valence-electron chi connectivity index (χ2n) is 7.02. The van der Waals surface area contributed by atoms with Gasteiger partial charge in [-0.2, -0.15) is 0 Å². The zero-order valence-corrected chi connectivity index (χ0v) is 16.9. The lowest BCUT2D eigenvalue weighted by molar-refractivity contribution is 0.114. The number of rotatable bonds is 6. The van der Waals surface area contributed by atoms with Crippen LogP contribution >= 0.6 is 11.6 Å². The molecule has 0 atom stereocenters. The van der Waals surface area contributed by atoms with E-state index in [1.165, 1.54) is 6.07 Å². The smallest absolute Gasteiger partial charge is 0.247 e. The molecule has 2 aromatic carbocycles. The van der Waals surface area contributed by atoms with Crippen LogP contribution in [-0.2, 0) is 13.1 Å². The van der Waals surface area contributed by atoms with E-state index < -0.39 is 0 Å². The monoisotopic (exact) mass is 416 g/mol. The summed E-state index contributed by atoms with van der Waals surface area (Å²) in [5.74, 6) is 1.56. The van der Waals surface area contributed by atoms with Crippen LogP contribution in [0.5, 0.6) is 5.75 Å². The molecule has 29 heavy (non-hydrogen) atoms. The molecule has 0 spiro atoms. The summed E-state index contributed by atoms with van der Waals surface area (Å²) in [4.78, 5) is 4.57. The lowest BCUT2D eigenvalue weighted by Crippen LogP contribution is -2.45.